The first kappa shape index (κ1) is 89.1. The van der Waals surface area contributed by atoms with E-state index in [1.807, 2.05) is 24.3 Å². The van der Waals surface area contributed by atoms with Crippen molar-refractivity contribution in [3.05, 3.63) is 125 Å². The first-order valence-electron chi connectivity index (χ1n) is 35.8. The normalized spacial score (nSPS) is 14.3. The number of H-pyrrole nitrogens is 1. The number of nitrogens with two attached hydrogens (primary N) is 2. The molecule has 0 radical (unpaired) electrons. The zero-order valence-corrected chi connectivity index (χ0v) is 63.8. The van der Waals surface area contributed by atoms with Crippen molar-refractivity contribution in [1.82, 2.24) is 68.5 Å². The summed E-state index contributed by atoms with van der Waals surface area (Å²) in [5.74, 6) is -8.72. The van der Waals surface area contributed by atoms with Gasteiger partial charge in [0.2, 0.25) is 65.0 Å². The Morgan fingerprint density at radius 3 is 1.52 bits per heavy atom. The van der Waals surface area contributed by atoms with Gasteiger partial charge in [0.1, 0.15) is 71.5 Å². The number of carbonyl (C=O) groups excluding carboxylic acids is 11. The van der Waals surface area contributed by atoms with Crippen LogP contribution in [0.2, 0.25) is 0 Å². The van der Waals surface area contributed by atoms with Crippen molar-refractivity contribution in [3.8, 4) is 11.5 Å². The number of phenols is 2. The summed E-state index contributed by atoms with van der Waals surface area (Å²) < 4.78 is 0. The standard InChI is InChI=1S/C74H104N16O17S2/c1-8-12-51(83-70(105)56(82-59(96)32-41(3)91)36-47-37-80-64-50(47)16-11-28-78-64)65(100)85-53(25-26-60(97)98)66(101)86-54(34-43-17-21-48(93)22-18-43)68(103)84-52(13-9-2)67(102)90-61(42(4)92)71(106)79-29-31-109-40-46-15-10-14-45(33-46)39-108-30-27-58(95)89-62(74(5,6)7)72(107)87-55(35-44-19-23-49(94)24-20-44)69(104)88-57(63(75)99)38-81-73(76)77/h10-11,14-24,28,33,37,41-42,51-57,61-62,91-94H,8-9,12-13,25-27,29-32,34-36,38-40H2,1-7H3,(H2,75,99)(H,78,80)(H,79,106)(H,82,96)(H,83,105)(H,84,103)(H,85,100)(H,86,101)(H,87,107)(H,88,104)(H,89,95)(H,90,102)(H,97,98)(H4,76,77,81)/t41-,42-,51+,52+,53+,54+,55+,56+,57+,61+,62-/m1/s1. The lowest BCUT2D eigenvalue weighted by atomic mass is 9.85. The van der Waals surface area contributed by atoms with Crippen LogP contribution in [0.1, 0.15) is 128 Å². The smallest absolute Gasteiger partial charge is 0.303 e. The number of hydrogen-bond donors (Lipinski definition) is 20. The van der Waals surface area contributed by atoms with Crippen molar-refractivity contribution in [2.24, 2.45) is 16.9 Å². The largest absolute Gasteiger partial charge is 0.508 e. The molecule has 2 heterocycles. The number of benzene rings is 3. The second-order valence-corrected chi connectivity index (χ2v) is 29.7. The number of aliphatic hydroxyl groups excluding tert-OH is 2. The van der Waals surface area contributed by atoms with Crippen LogP contribution in [-0.2, 0) is 88.3 Å². The average molecular weight is 1550 g/mol. The molecule has 11 atom stereocenters. The minimum Gasteiger partial charge on any atom is -0.508 e. The van der Waals surface area contributed by atoms with Gasteiger partial charge in [-0.05, 0) is 103 Å². The number of phenolic OH excluding ortho intramolecular Hbond substituents is 2. The molecule has 0 bridgehead atoms. The highest BCUT2D eigenvalue weighted by Crippen LogP contribution is 2.24. The summed E-state index contributed by atoms with van der Waals surface area (Å²) >= 11 is 2.99. The zero-order valence-electron chi connectivity index (χ0n) is 62.2. The molecule has 0 aliphatic heterocycles. The molecule has 0 fully saturated rings. The third kappa shape index (κ3) is 31.3. The number of guanidine groups is 1. The molecule has 5 aromatic rings. The number of primary amides is 1. The van der Waals surface area contributed by atoms with Crippen molar-refractivity contribution in [1.29, 1.82) is 5.41 Å². The van der Waals surface area contributed by atoms with Crippen LogP contribution in [0.25, 0.3) is 11.0 Å². The van der Waals surface area contributed by atoms with Crippen molar-refractivity contribution in [2.75, 3.05) is 24.6 Å². The second kappa shape index (κ2) is 44.7. The van der Waals surface area contributed by atoms with E-state index in [0.717, 1.165) is 11.1 Å². The van der Waals surface area contributed by atoms with Crippen molar-refractivity contribution >= 4 is 111 Å². The number of amides is 11. The van der Waals surface area contributed by atoms with Gasteiger partial charge in [-0.1, -0.05) is 96.0 Å². The summed E-state index contributed by atoms with van der Waals surface area (Å²) in [6, 6.07) is 10.5. The number of aliphatic hydroxyl groups is 2. The van der Waals surface area contributed by atoms with E-state index in [0.29, 0.717) is 63.6 Å². The number of fused-ring (bicyclic) bond motifs is 1. The average Bonchev–Trinajstić information content (AvgIpc) is 1.78. The summed E-state index contributed by atoms with van der Waals surface area (Å²) in [6.07, 6.45) is -0.433. The van der Waals surface area contributed by atoms with E-state index < -0.39 is 162 Å². The molecule has 594 valence electrons. The molecule has 3 aromatic carbocycles. The Labute approximate surface area is 640 Å². The number of carboxylic acid groups (broad SMARTS) is 1. The van der Waals surface area contributed by atoms with E-state index in [-0.39, 0.29) is 69.5 Å². The summed E-state index contributed by atoms with van der Waals surface area (Å²) in [5.41, 5.74) is 14.1. The maximum Gasteiger partial charge on any atom is 0.303 e. The Balaban J connectivity index is 1.16. The number of aromatic amines is 1. The second-order valence-electron chi connectivity index (χ2n) is 27.5. The number of hydrogen-bond acceptors (Lipinski definition) is 20. The topological polar surface area (TPSA) is 543 Å². The molecule has 0 aliphatic rings. The Morgan fingerprint density at radius 2 is 1.03 bits per heavy atom. The molecular weight excluding hydrogens is 1450 g/mol. The van der Waals surface area contributed by atoms with E-state index >= 15 is 0 Å². The highest BCUT2D eigenvalue weighted by molar-refractivity contribution is 7.98. The van der Waals surface area contributed by atoms with Gasteiger partial charge < -0.3 is 100 Å². The molecular formula is C74H104N16O17S2. The molecule has 35 heteroatoms. The van der Waals surface area contributed by atoms with Gasteiger partial charge in [0.05, 0.1) is 18.6 Å². The number of thioether (sulfide) groups is 2. The van der Waals surface area contributed by atoms with Gasteiger partial charge in [0, 0.05) is 86.0 Å². The molecule has 5 rings (SSSR count). The Morgan fingerprint density at radius 1 is 0.541 bits per heavy atom. The van der Waals surface area contributed by atoms with Gasteiger partial charge in [-0.15, -0.1) is 0 Å². The van der Waals surface area contributed by atoms with E-state index in [9.17, 15) is 83.1 Å². The zero-order chi connectivity index (χ0) is 80.5. The minimum atomic E-state index is -1.63. The van der Waals surface area contributed by atoms with Gasteiger partial charge >= 0.3 is 5.97 Å². The number of aliphatic carboxylic acids is 1. The van der Waals surface area contributed by atoms with Crippen LogP contribution in [0.3, 0.4) is 0 Å². The van der Waals surface area contributed by atoms with E-state index in [1.165, 1.54) is 73.8 Å². The lowest BCUT2D eigenvalue weighted by molar-refractivity contribution is -0.139. The molecule has 11 amide bonds. The lowest BCUT2D eigenvalue weighted by Gasteiger charge is -2.32. The number of nitrogens with zero attached hydrogens (tertiary/aromatic N) is 1. The minimum absolute atomic E-state index is 0.0113. The maximum atomic E-state index is 14.5. The fourth-order valence-corrected chi connectivity index (χ4v) is 13.0. The van der Waals surface area contributed by atoms with Crippen LogP contribution in [0.5, 0.6) is 11.5 Å². The van der Waals surface area contributed by atoms with Gasteiger partial charge in [-0.3, -0.25) is 62.9 Å². The molecule has 0 spiro atoms. The predicted molar refractivity (Wildman–Crippen MR) is 410 cm³/mol. The Bertz CT molecular complexity index is 3910. The number of nitrogens with one attached hydrogen (secondary N) is 13. The fourth-order valence-electron chi connectivity index (χ4n) is 11.3. The summed E-state index contributed by atoms with van der Waals surface area (Å²) in [4.78, 5) is 171. The Kier molecular flexibility index (Phi) is 36.5. The van der Waals surface area contributed by atoms with Crippen LogP contribution in [-0.4, -0.2) is 204 Å². The summed E-state index contributed by atoms with van der Waals surface area (Å²) in [5, 5.41) is 87.4. The molecule has 22 N–H and O–H groups in total. The Hall–Kier alpha value is -10.5. The van der Waals surface area contributed by atoms with Crippen molar-refractivity contribution in [2.45, 2.75) is 197 Å². The summed E-state index contributed by atoms with van der Waals surface area (Å²) in [6.45, 7) is 11.2. The first-order chi connectivity index (χ1) is 51.6. The van der Waals surface area contributed by atoms with E-state index in [2.05, 4.69) is 68.5 Å². The maximum absolute atomic E-state index is 14.5. The van der Waals surface area contributed by atoms with Gasteiger partial charge in [-0.2, -0.15) is 23.5 Å². The monoisotopic (exact) mass is 1550 g/mol. The molecule has 0 unspecified atom stereocenters. The van der Waals surface area contributed by atoms with Gasteiger partial charge in [0.15, 0.2) is 5.96 Å². The number of carboxylic acids is 1. The van der Waals surface area contributed by atoms with Gasteiger partial charge in [0.25, 0.3) is 0 Å². The highest BCUT2D eigenvalue weighted by Gasteiger charge is 2.38. The molecule has 2 aromatic heterocycles. The molecule has 0 saturated carbocycles. The number of pyridine rings is 1. The van der Waals surface area contributed by atoms with E-state index in [1.54, 1.807) is 71.3 Å². The lowest BCUT2D eigenvalue weighted by Crippen LogP contribution is -2.61. The predicted octanol–water partition coefficient (Wildman–Crippen LogP) is 0.669. The number of aromatic hydroxyl groups is 2. The van der Waals surface area contributed by atoms with Crippen LogP contribution < -0.4 is 70.0 Å². The molecule has 33 nitrogen and oxygen atoms in total. The SMILES string of the molecule is CCC[C@H](NC(=O)[C@H](Cc1c[nH]c2ncccc12)NC(=O)C[C@@H](C)O)C(=O)N[C@@H](CCC(=O)O)C(=O)N[C@@H](Cc1ccc(O)cc1)C(=O)N[C@@H](CCC)C(=O)N[C@H](C(=O)NCCSCc1cccc(CSCCC(=O)N[C@H](C(=O)N[C@@H](Cc2ccc(O)cc2)C(=O)N[C@@H](CNC(=N)N)C(N)=O)C(C)(C)C)c1)[C@@H](C)O. The molecule has 109 heavy (non-hydrogen) atoms. The van der Waals surface area contributed by atoms with Crippen LogP contribution in [0, 0.1) is 10.8 Å². The number of aromatic nitrogens is 2. The first-order valence-corrected chi connectivity index (χ1v) is 38.1. The van der Waals surface area contributed by atoms with Gasteiger partial charge in [-0.25, -0.2) is 4.98 Å². The molecule has 0 saturated heterocycles. The van der Waals surface area contributed by atoms with Crippen LogP contribution in [0.15, 0.2) is 97.3 Å². The third-order valence-electron chi connectivity index (χ3n) is 17.0. The quantitative estimate of drug-likeness (QED) is 0.0145. The molecule has 0 aliphatic carbocycles. The fraction of sp³-hybridized carbons (Fsp3) is 0.486. The number of carbonyl (C=O) groups is 12. The number of rotatable bonds is 46. The van der Waals surface area contributed by atoms with Crippen LogP contribution in [0.4, 0.5) is 0 Å². The summed E-state index contributed by atoms with van der Waals surface area (Å²) in [7, 11) is 0. The van der Waals surface area contributed by atoms with E-state index in [4.69, 9.17) is 16.9 Å². The van der Waals surface area contributed by atoms with Crippen molar-refractivity contribution < 1.29 is 83.1 Å². The third-order valence-corrected chi connectivity index (χ3v) is 19.1. The highest BCUT2D eigenvalue weighted by atomic mass is 32.2. The van der Waals surface area contributed by atoms with Crippen molar-refractivity contribution in [3.63, 3.8) is 0 Å². The van der Waals surface area contributed by atoms with Crippen LogP contribution >= 0.6 is 23.5 Å².